The summed E-state index contributed by atoms with van der Waals surface area (Å²) >= 11 is 0. The summed E-state index contributed by atoms with van der Waals surface area (Å²) in [6.45, 7) is 3.77. The standard InChI is InChI=1S/C20H22O3/c1-19(2)18(21)16-12-8-11-15(13-14-9-6-5-7-10-14)17(16)20(19,22-3)23-4/h5-10,12-13H,11H2,1-4H3. The summed E-state index contributed by atoms with van der Waals surface area (Å²) in [6.07, 6.45) is 6.80. The molecule has 2 aliphatic rings. The van der Waals surface area contributed by atoms with E-state index in [1.165, 1.54) is 0 Å². The zero-order chi connectivity index (χ0) is 16.7. The Bertz CT molecular complexity index is 717. The first-order chi connectivity index (χ1) is 11.0. The van der Waals surface area contributed by atoms with Crippen molar-refractivity contribution >= 4 is 11.9 Å². The molecule has 0 bridgehead atoms. The molecule has 0 fully saturated rings. The topological polar surface area (TPSA) is 35.5 Å². The van der Waals surface area contributed by atoms with E-state index in [1.807, 2.05) is 44.2 Å². The van der Waals surface area contributed by atoms with Gasteiger partial charge >= 0.3 is 0 Å². The molecule has 0 aliphatic heterocycles. The predicted molar refractivity (Wildman–Crippen MR) is 90.7 cm³/mol. The van der Waals surface area contributed by atoms with Gasteiger partial charge in [0.2, 0.25) is 5.79 Å². The summed E-state index contributed by atoms with van der Waals surface area (Å²) < 4.78 is 11.6. The van der Waals surface area contributed by atoms with Crippen molar-refractivity contribution in [2.75, 3.05) is 14.2 Å². The number of methoxy groups -OCH3 is 2. The summed E-state index contributed by atoms with van der Waals surface area (Å²) in [5.41, 5.74) is 2.96. The SMILES string of the molecule is COC1(OC)C2=C(C=CCC2=Cc2ccccc2)C(=O)C1(C)C. The highest BCUT2D eigenvalue weighted by atomic mass is 16.7. The van der Waals surface area contributed by atoms with Crippen LogP contribution in [-0.2, 0) is 14.3 Å². The first-order valence-electron chi connectivity index (χ1n) is 7.80. The second-order valence-corrected chi connectivity index (χ2v) is 6.45. The van der Waals surface area contributed by atoms with Gasteiger partial charge < -0.3 is 9.47 Å². The van der Waals surface area contributed by atoms with Gasteiger partial charge in [-0.1, -0.05) is 48.6 Å². The third-order valence-electron chi connectivity index (χ3n) is 4.89. The Balaban J connectivity index is 2.20. The fraction of sp³-hybridized carbons (Fsp3) is 0.350. The van der Waals surface area contributed by atoms with E-state index in [9.17, 15) is 4.79 Å². The predicted octanol–water partition coefficient (Wildman–Crippen LogP) is 3.92. The lowest BCUT2D eigenvalue weighted by molar-refractivity contribution is -0.228. The van der Waals surface area contributed by atoms with Crippen LogP contribution in [0.1, 0.15) is 25.8 Å². The van der Waals surface area contributed by atoms with Crippen molar-refractivity contribution in [3.8, 4) is 0 Å². The van der Waals surface area contributed by atoms with Crippen molar-refractivity contribution in [2.45, 2.75) is 26.1 Å². The van der Waals surface area contributed by atoms with Gasteiger partial charge in [0.25, 0.3) is 0 Å². The second-order valence-electron chi connectivity index (χ2n) is 6.45. The van der Waals surface area contributed by atoms with Crippen LogP contribution in [0, 0.1) is 5.41 Å². The maximum atomic E-state index is 12.9. The number of ether oxygens (including phenoxy) is 2. The lowest BCUT2D eigenvalue weighted by Crippen LogP contribution is -2.49. The van der Waals surface area contributed by atoms with Crippen molar-refractivity contribution in [1.82, 2.24) is 0 Å². The first-order valence-corrected chi connectivity index (χ1v) is 7.80. The van der Waals surface area contributed by atoms with Crippen molar-refractivity contribution in [2.24, 2.45) is 5.41 Å². The van der Waals surface area contributed by atoms with Crippen LogP contribution in [0.4, 0.5) is 0 Å². The van der Waals surface area contributed by atoms with Crippen LogP contribution >= 0.6 is 0 Å². The molecule has 0 radical (unpaired) electrons. The van der Waals surface area contributed by atoms with E-state index in [2.05, 4.69) is 18.2 Å². The van der Waals surface area contributed by atoms with Gasteiger partial charge in [0.1, 0.15) is 0 Å². The van der Waals surface area contributed by atoms with E-state index < -0.39 is 11.2 Å². The average Bonchev–Trinajstić information content (AvgIpc) is 2.74. The third kappa shape index (κ3) is 2.15. The summed E-state index contributed by atoms with van der Waals surface area (Å²) in [5, 5.41) is 0. The Morgan fingerprint density at radius 3 is 2.35 bits per heavy atom. The van der Waals surface area contributed by atoms with Crippen LogP contribution in [0.25, 0.3) is 6.08 Å². The second kappa shape index (κ2) is 5.59. The van der Waals surface area contributed by atoms with Crippen molar-refractivity contribution in [1.29, 1.82) is 0 Å². The van der Waals surface area contributed by atoms with Gasteiger partial charge in [-0.25, -0.2) is 0 Å². The van der Waals surface area contributed by atoms with Crippen molar-refractivity contribution in [3.05, 3.63) is 64.8 Å². The van der Waals surface area contributed by atoms with Crippen LogP contribution < -0.4 is 0 Å². The highest BCUT2D eigenvalue weighted by molar-refractivity contribution is 6.08. The maximum absolute atomic E-state index is 12.9. The molecule has 23 heavy (non-hydrogen) atoms. The number of hydrogen-bond acceptors (Lipinski definition) is 3. The number of carbonyl (C=O) groups excluding carboxylic acids is 1. The monoisotopic (exact) mass is 310 g/mol. The molecule has 0 spiro atoms. The fourth-order valence-electron chi connectivity index (χ4n) is 3.72. The van der Waals surface area contributed by atoms with E-state index in [0.29, 0.717) is 5.57 Å². The minimum Gasteiger partial charge on any atom is -0.348 e. The zero-order valence-corrected chi connectivity index (χ0v) is 14.1. The average molecular weight is 310 g/mol. The van der Waals surface area contributed by atoms with Gasteiger partial charge in [-0.2, -0.15) is 0 Å². The van der Waals surface area contributed by atoms with Gasteiger partial charge in [0, 0.05) is 25.4 Å². The normalized spacial score (nSPS) is 23.5. The number of Topliss-reactive ketones (excluding diaryl/α,β-unsaturated/α-hetero) is 1. The molecular formula is C20H22O3. The van der Waals surface area contributed by atoms with Crippen LogP contribution in [0.15, 0.2) is 59.2 Å². The largest absolute Gasteiger partial charge is 0.348 e. The van der Waals surface area contributed by atoms with Gasteiger partial charge in [-0.3, -0.25) is 4.79 Å². The van der Waals surface area contributed by atoms with Crippen LogP contribution in [0.5, 0.6) is 0 Å². The maximum Gasteiger partial charge on any atom is 0.208 e. The Morgan fingerprint density at radius 1 is 1.09 bits per heavy atom. The number of benzene rings is 1. The van der Waals surface area contributed by atoms with Crippen LogP contribution in [0.2, 0.25) is 0 Å². The number of carbonyl (C=O) groups is 1. The Kier molecular flexibility index (Phi) is 3.86. The van der Waals surface area contributed by atoms with Gasteiger partial charge in [0.05, 0.1) is 5.41 Å². The molecule has 120 valence electrons. The number of rotatable bonds is 3. The lowest BCUT2D eigenvalue weighted by Gasteiger charge is -2.40. The summed E-state index contributed by atoms with van der Waals surface area (Å²) in [4.78, 5) is 12.9. The minimum absolute atomic E-state index is 0.0612. The van der Waals surface area contributed by atoms with Crippen molar-refractivity contribution in [3.63, 3.8) is 0 Å². The number of ketones is 1. The highest BCUT2D eigenvalue weighted by Crippen LogP contribution is 2.54. The summed E-state index contributed by atoms with van der Waals surface area (Å²) in [7, 11) is 3.21. The molecule has 0 N–H and O–H groups in total. The van der Waals surface area contributed by atoms with E-state index in [0.717, 1.165) is 23.1 Å². The first kappa shape index (κ1) is 15.9. The third-order valence-corrected chi connectivity index (χ3v) is 4.89. The van der Waals surface area contributed by atoms with E-state index >= 15 is 0 Å². The Hall–Kier alpha value is -1.97. The van der Waals surface area contributed by atoms with Gasteiger partial charge in [-0.15, -0.1) is 0 Å². The summed E-state index contributed by atoms with van der Waals surface area (Å²) in [6, 6.07) is 10.1. The molecule has 0 saturated heterocycles. The highest BCUT2D eigenvalue weighted by Gasteiger charge is 2.61. The van der Waals surface area contributed by atoms with E-state index in [1.54, 1.807) is 14.2 Å². The van der Waals surface area contributed by atoms with Crippen LogP contribution in [0.3, 0.4) is 0 Å². The molecule has 2 aliphatic carbocycles. The molecule has 0 atom stereocenters. The molecule has 1 aromatic carbocycles. The molecule has 3 rings (SSSR count). The smallest absolute Gasteiger partial charge is 0.208 e. The van der Waals surface area contributed by atoms with Crippen LogP contribution in [-0.4, -0.2) is 25.8 Å². The molecule has 3 nitrogen and oxygen atoms in total. The summed E-state index contributed by atoms with van der Waals surface area (Å²) in [5.74, 6) is -0.990. The molecule has 3 heteroatoms. The molecule has 1 aromatic rings. The van der Waals surface area contributed by atoms with E-state index in [4.69, 9.17) is 9.47 Å². The Morgan fingerprint density at radius 2 is 1.74 bits per heavy atom. The molecule has 0 amide bonds. The zero-order valence-electron chi connectivity index (χ0n) is 14.1. The molecule has 0 heterocycles. The van der Waals surface area contributed by atoms with E-state index in [-0.39, 0.29) is 5.78 Å². The quantitative estimate of drug-likeness (QED) is 0.794. The Labute approximate surface area is 137 Å². The van der Waals surface area contributed by atoms with Gasteiger partial charge in [-0.05, 0) is 31.4 Å². The van der Waals surface area contributed by atoms with Crippen molar-refractivity contribution < 1.29 is 14.3 Å². The number of hydrogen-bond donors (Lipinski definition) is 0. The molecule has 0 unspecified atom stereocenters. The molecular weight excluding hydrogens is 288 g/mol. The minimum atomic E-state index is -1.05. The fourth-order valence-corrected chi connectivity index (χ4v) is 3.72. The number of allylic oxidation sites excluding steroid dienone is 3. The molecule has 0 aromatic heterocycles. The molecule has 0 saturated carbocycles. The lowest BCUT2D eigenvalue weighted by atomic mass is 9.80. The van der Waals surface area contributed by atoms with Gasteiger partial charge in [0.15, 0.2) is 5.78 Å².